The van der Waals surface area contributed by atoms with Gasteiger partial charge in [-0.25, -0.2) is 8.78 Å². The molecule has 1 nitrogen and oxygen atoms in total. The maximum absolute atomic E-state index is 12.5. The average Bonchev–Trinajstić information content (AvgIpc) is 2.19. The number of thioether (sulfide) groups is 1. The summed E-state index contributed by atoms with van der Waals surface area (Å²) in [6, 6.07) is 9.51. The molecule has 0 atom stereocenters. The topological polar surface area (TPSA) is 23.8 Å². The number of hydrogen-bond donors (Lipinski definition) is 0. The lowest BCUT2D eigenvalue weighted by Gasteiger charge is -2.09. The minimum Gasteiger partial charge on any atom is -0.207 e. The van der Waals surface area contributed by atoms with E-state index in [9.17, 15) is 8.78 Å². The second kappa shape index (κ2) is 5.86. The molecule has 16 heavy (non-hydrogen) atoms. The maximum Gasteiger partial charge on any atom is 0.246 e. The van der Waals surface area contributed by atoms with Crippen molar-refractivity contribution >= 4 is 11.8 Å². The van der Waals surface area contributed by atoms with E-state index in [4.69, 9.17) is 5.26 Å². The van der Waals surface area contributed by atoms with E-state index in [1.165, 1.54) is 11.8 Å². The Labute approximate surface area is 98.5 Å². The molecule has 0 amide bonds. The van der Waals surface area contributed by atoms with Crippen molar-refractivity contribution in [2.24, 2.45) is 0 Å². The normalized spacial score (nSPS) is 11.1. The molecular formula is C12H13F2NS. The van der Waals surface area contributed by atoms with Crippen LogP contribution in [-0.4, -0.2) is 11.7 Å². The summed E-state index contributed by atoms with van der Waals surface area (Å²) in [5.74, 6) is -2.19. The Hall–Kier alpha value is -1.08. The van der Waals surface area contributed by atoms with Gasteiger partial charge >= 0.3 is 0 Å². The molecular weight excluding hydrogens is 228 g/mol. The molecule has 0 fully saturated rings. The summed E-state index contributed by atoms with van der Waals surface area (Å²) in [6.45, 7) is 0.934. The van der Waals surface area contributed by atoms with Crippen molar-refractivity contribution in [2.45, 2.75) is 30.6 Å². The first-order chi connectivity index (χ1) is 7.51. The molecule has 0 aromatic heterocycles. The third kappa shape index (κ3) is 5.13. The van der Waals surface area contributed by atoms with Crippen LogP contribution in [0.15, 0.2) is 29.2 Å². The van der Waals surface area contributed by atoms with Gasteiger partial charge in [0.2, 0.25) is 5.92 Å². The van der Waals surface area contributed by atoms with Gasteiger partial charge in [-0.3, -0.25) is 0 Å². The highest BCUT2D eigenvalue weighted by Crippen LogP contribution is 2.24. The largest absolute Gasteiger partial charge is 0.246 e. The highest BCUT2D eigenvalue weighted by atomic mass is 32.2. The Morgan fingerprint density at radius 1 is 1.31 bits per heavy atom. The Bertz CT molecular complexity index is 362. The third-order valence-corrected chi connectivity index (χ3v) is 3.03. The Morgan fingerprint density at radius 3 is 2.44 bits per heavy atom. The van der Waals surface area contributed by atoms with Crippen molar-refractivity contribution in [1.29, 1.82) is 5.26 Å². The lowest BCUT2D eigenvalue weighted by Crippen LogP contribution is -2.10. The van der Waals surface area contributed by atoms with Gasteiger partial charge in [0.05, 0.1) is 12.5 Å². The summed E-state index contributed by atoms with van der Waals surface area (Å²) in [4.78, 5) is 0.964. The zero-order valence-electron chi connectivity index (χ0n) is 9.04. The summed E-state index contributed by atoms with van der Waals surface area (Å²) < 4.78 is 25.1. The van der Waals surface area contributed by atoms with Gasteiger partial charge in [0, 0.05) is 17.1 Å². The highest BCUT2D eigenvalue weighted by molar-refractivity contribution is 7.99. The van der Waals surface area contributed by atoms with Crippen molar-refractivity contribution in [1.82, 2.24) is 0 Å². The van der Waals surface area contributed by atoms with Crippen LogP contribution in [0.3, 0.4) is 0 Å². The van der Waals surface area contributed by atoms with Crippen LogP contribution in [0, 0.1) is 11.3 Å². The average molecular weight is 241 g/mol. The molecule has 1 rings (SSSR count). The molecule has 0 heterocycles. The molecule has 1 aromatic rings. The molecule has 0 aliphatic heterocycles. The molecule has 4 heteroatoms. The third-order valence-electron chi connectivity index (χ3n) is 2.02. The lowest BCUT2D eigenvalue weighted by atomic mass is 10.2. The highest BCUT2D eigenvalue weighted by Gasteiger charge is 2.19. The SMILES string of the molecule is CC(F)(F)CCSc1ccc(CC#N)cc1. The molecule has 0 unspecified atom stereocenters. The van der Waals surface area contributed by atoms with Gasteiger partial charge in [-0.2, -0.15) is 5.26 Å². The van der Waals surface area contributed by atoms with Crippen LogP contribution < -0.4 is 0 Å². The summed E-state index contributed by atoms with van der Waals surface area (Å²) in [5.41, 5.74) is 0.952. The number of nitrogens with zero attached hydrogens (tertiary/aromatic N) is 1. The predicted molar refractivity (Wildman–Crippen MR) is 61.7 cm³/mol. The van der Waals surface area contributed by atoms with Crippen LogP contribution >= 0.6 is 11.8 Å². The molecule has 1 aromatic carbocycles. The van der Waals surface area contributed by atoms with Crippen LogP contribution in [0.25, 0.3) is 0 Å². The first-order valence-electron chi connectivity index (χ1n) is 4.98. The minimum atomic E-state index is -2.59. The Kier molecular flexibility index (Phi) is 4.75. The van der Waals surface area contributed by atoms with Crippen LogP contribution in [0.1, 0.15) is 18.9 Å². The van der Waals surface area contributed by atoms with E-state index in [0.717, 1.165) is 17.4 Å². The van der Waals surface area contributed by atoms with Crippen LogP contribution in [0.4, 0.5) is 8.78 Å². The summed E-state index contributed by atoms with van der Waals surface area (Å²) in [6.07, 6.45) is 0.273. The molecule has 86 valence electrons. The number of alkyl halides is 2. The molecule has 0 spiro atoms. The van der Waals surface area contributed by atoms with E-state index >= 15 is 0 Å². The molecule has 0 aliphatic rings. The molecule has 0 aliphatic carbocycles. The number of hydrogen-bond acceptors (Lipinski definition) is 2. The summed E-state index contributed by atoms with van der Waals surface area (Å²) >= 11 is 1.41. The Morgan fingerprint density at radius 2 is 1.94 bits per heavy atom. The number of rotatable bonds is 5. The fourth-order valence-corrected chi connectivity index (χ4v) is 2.17. The second-order valence-electron chi connectivity index (χ2n) is 3.65. The first kappa shape index (κ1) is 13.0. The quantitative estimate of drug-likeness (QED) is 0.730. The lowest BCUT2D eigenvalue weighted by molar-refractivity contribution is 0.0194. The van der Waals surface area contributed by atoms with Gasteiger partial charge < -0.3 is 0 Å². The van der Waals surface area contributed by atoms with E-state index in [1.807, 2.05) is 24.3 Å². The van der Waals surface area contributed by atoms with Gasteiger partial charge in [0.25, 0.3) is 0 Å². The monoisotopic (exact) mass is 241 g/mol. The fourth-order valence-electron chi connectivity index (χ4n) is 1.14. The number of halogens is 2. The van der Waals surface area contributed by atoms with Crippen LogP contribution in [0.2, 0.25) is 0 Å². The maximum atomic E-state index is 12.5. The number of nitriles is 1. The predicted octanol–water partition coefficient (Wildman–Crippen LogP) is 3.89. The van der Waals surface area contributed by atoms with Crippen LogP contribution in [0.5, 0.6) is 0 Å². The molecule has 0 saturated heterocycles. The van der Waals surface area contributed by atoms with Gasteiger partial charge in [0.15, 0.2) is 0 Å². The summed E-state index contributed by atoms with van der Waals surface area (Å²) in [5, 5.41) is 8.48. The minimum absolute atomic E-state index is 0.113. The smallest absolute Gasteiger partial charge is 0.207 e. The zero-order valence-corrected chi connectivity index (χ0v) is 9.86. The second-order valence-corrected chi connectivity index (χ2v) is 4.82. The van der Waals surface area contributed by atoms with E-state index in [-0.39, 0.29) is 6.42 Å². The van der Waals surface area contributed by atoms with E-state index < -0.39 is 5.92 Å². The molecule has 0 radical (unpaired) electrons. The van der Waals surface area contributed by atoms with Crippen molar-refractivity contribution in [3.63, 3.8) is 0 Å². The molecule has 0 N–H and O–H groups in total. The molecule has 0 saturated carbocycles. The zero-order chi connectivity index (χ0) is 12.0. The van der Waals surface area contributed by atoms with E-state index in [0.29, 0.717) is 12.2 Å². The van der Waals surface area contributed by atoms with Gasteiger partial charge in [-0.1, -0.05) is 12.1 Å². The Balaban J connectivity index is 2.41. The van der Waals surface area contributed by atoms with Gasteiger partial charge in [-0.15, -0.1) is 11.8 Å². The first-order valence-corrected chi connectivity index (χ1v) is 5.96. The van der Waals surface area contributed by atoms with Crippen molar-refractivity contribution in [3.05, 3.63) is 29.8 Å². The van der Waals surface area contributed by atoms with E-state index in [2.05, 4.69) is 6.07 Å². The fraction of sp³-hybridized carbons (Fsp3) is 0.417. The van der Waals surface area contributed by atoms with E-state index in [1.54, 1.807) is 0 Å². The summed E-state index contributed by atoms with van der Waals surface area (Å²) in [7, 11) is 0. The van der Waals surface area contributed by atoms with Crippen molar-refractivity contribution < 1.29 is 8.78 Å². The van der Waals surface area contributed by atoms with Crippen molar-refractivity contribution in [3.8, 4) is 6.07 Å². The van der Waals surface area contributed by atoms with Gasteiger partial charge in [-0.05, 0) is 24.6 Å². The van der Waals surface area contributed by atoms with Crippen LogP contribution in [-0.2, 0) is 6.42 Å². The standard InChI is InChI=1S/C12H13F2NS/c1-12(13,14)7-9-16-11-4-2-10(3-5-11)6-8-15/h2-5H,6-7,9H2,1H3. The van der Waals surface area contributed by atoms with Crippen molar-refractivity contribution in [2.75, 3.05) is 5.75 Å². The molecule has 0 bridgehead atoms. The number of benzene rings is 1. The van der Waals surface area contributed by atoms with Gasteiger partial charge in [0.1, 0.15) is 0 Å².